The van der Waals surface area contributed by atoms with E-state index in [1.54, 1.807) is 12.1 Å². The van der Waals surface area contributed by atoms with Crippen molar-refractivity contribution in [2.45, 2.75) is 56.1 Å². The molecule has 3 heterocycles. The number of carbonyl (C=O) groups excluding carboxylic acids is 2. The summed E-state index contributed by atoms with van der Waals surface area (Å²) >= 11 is 1.51. The fraction of sp³-hybridized carbons (Fsp3) is 0.556. The minimum absolute atomic E-state index is 0.00128. The molecule has 0 radical (unpaired) electrons. The summed E-state index contributed by atoms with van der Waals surface area (Å²) in [5, 5.41) is 7.75. The second-order valence-electron chi connectivity index (χ2n) is 10.7. The normalized spacial score (nSPS) is 21.8. The average molecular weight is 608 g/mol. The standard InChI is InChI=1S/C27H38BN3O8S2/c1-17(2)14-31(41(34,35)20-8-6-18(36-3)7-9-20)15-23(29-26(28)32)22(13-19-5-4-12-40-19)30-27(33)39-24-16-38-25-21(24)10-11-37-25/h4-9,12,17,21-25H,10-11,13-16,28H2,1-3H3,(H,29,32)(H,30,33)/t21-,22-,23+,24-,25+/m0/s1. The minimum atomic E-state index is -3.95. The predicted octanol–water partition coefficient (Wildman–Crippen LogP) is 2.21. The number of hydrogen-bond acceptors (Lipinski definition) is 9. The number of hydrogen-bond donors (Lipinski definition) is 2. The Morgan fingerprint density at radius 1 is 1.12 bits per heavy atom. The van der Waals surface area contributed by atoms with E-state index in [4.69, 9.17) is 18.9 Å². The zero-order chi connectivity index (χ0) is 29.6. The Morgan fingerprint density at radius 3 is 2.51 bits per heavy atom. The summed E-state index contributed by atoms with van der Waals surface area (Å²) in [5.41, 5.74) is 0. The zero-order valence-corrected chi connectivity index (χ0v) is 25.4. The van der Waals surface area contributed by atoms with Crippen LogP contribution >= 0.6 is 11.3 Å². The van der Waals surface area contributed by atoms with E-state index in [-0.39, 0.29) is 48.5 Å². The summed E-state index contributed by atoms with van der Waals surface area (Å²) in [6.45, 7) is 4.79. The number of carbonyl (C=O) groups is 2. The van der Waals surface area contributed by atoms with Crippen LogP contribution in [0.1, 0.15) is 25.1 Å². The molecule has 5 atom stereocenters. The number of rotatable bonds is 13. The SMILES string of the molecule is BC(=O)N[C@H](CN(CC(C)C)S(=O)(=O)c1ccc(OC)cc1)[C@H](Cc1cccs1)NC(=O)O[C@H]1CO[C@H]2OCC[C@H]21. The Labute approximate surface area is 246 Å². The number of benzene rings is 1. The molecule has 224 valence electrons. The second kappa shape index (κ2) is 14.0. The van der Waals surface area contributed by atoms with Crippen LogP contribution in [0, 0.1) is 11.8 Å². The molecular formula is C27H38BN3O8S2. The van der Waals surface area contributed by atoms with Gasteiger partial charge >= 0.3 is 6.09 Å². The van der Waals surface area contributed by atoms with Gasteiger partial charge in [0.05, 0.1) is 43.2 Å². The van der Waals surface area contributed by atoms with Gasteiger partial charge in [0.1, 0.15) is 11.9 Å². The molecule has 0 bridgehead atoms. The van der Waals surface area contributed by atoms with E-state index < -0.39 is 34.3 Å². The first-order valence-electron chi connectivity index (χ1n) is 13.7. The van der Waals surface area contributed by atoms with Crippen LogP contribution in [-0.2, 0) is 30.7 Å². The summed E-state index contributed by atoms with van der Waals surface area (Å²) in [6, 6.07) is 8.60. The molecule has 2 fully saturated rings. The van der Waals surface area contributed by atoms with Crippen LogP contribution in [-0.4, -0.2) is 90.4 Å². The largest absolute Gasteiger partial charge is 0.497 e. The third kappa shape index (κ3) is 8.22. The van der Waals surface area contributed by atoms with Gasteiger partial charge in [-0.15, -0.1) is 11.3 Å². The molecule has 0 aliphatic carbocycles. The fourth-order valence-electron chi connectivity index (χ4n) is 5.14. The lowest BCUT2D eigenvalue weighted by atomic mass is 10.0. The highest BCUT2D eigenvalue weighted by Gasteiger charge is 2.44. The van der Waals surface area contributed by atoms with Gasteiger partial charge in [0.25, 0.3) is 0 Å². The van der Waals surface area contributed by atoms with Gasteiger partial charge in [0, 0.05) is 24.4 Å². The van der Waals surface area contributed by atoms with Crippen molar-refractivity contribution >= 4 is 41.1 Å². The summed E-state index contributed by atoms with van der Waals surface area (Å²) in [5.74, 6) is 0.164. The van der Waals surface area contributed by atoms with Crippen LogP contribution in [0.4, 0.5) is 9.59 Å². The number of methoxy groups -OCH3 is 1. The van der Waals surface area contributed by atoms with Crippen molar-refractivity contribution in [3.05, 3.63) is 46.7 Å². The number of alkyl carbamates (subject to hydrolysis) is 1. The molecule has 1 aromatic heterocycles. The molecule has 4 rings (SSSR count). The summed E-state index contributed by atoms with van der Waals surface area (Å²) < 4.78 is 51.1. The van der Waals surface area contributed by atoms with E-state index in [0.717, 1.165) is 11.3 Å². The van der Waals surface area contributed by atoms with E-state index in [9.17, 15) is 18.0 Å². The van der Waals surface area contributed by atoms with E-state index in [1.165, 1.54) is 42.7 Å². The van der Waals surface area contributed by atoms with Crippen LogP contribution in [0.25, 0.3) is 0 Å². The maximum Gasteiger partial charge on any atom is 0.407 e. The quantitative estimate of drug-likeness (QED) is 0.332. The fourth-order valence-corrected chi connectivity index (χ4v) is 7.53. The molecule has 11 nitrogen and oxygen atoms in total. The highest BCUT2D eigenvalue weighted by atomic mass is 32.2. The van der Waals surface area contributed by atoms with Gasteiger partial charge in [0.15, 0.2) is 12.1 Å². The number of nitrogens with one attached hydrogen (secondary N) is 2. The zero-order valence-electron chi connectivity index (χ0n) is 23.8. The van der Waals surface area contributed by atoms with Crippen LogP contribution in [0.5, 0.6) is 5.75 Å². The van der Waals surface area contributed by atoms with Crippen molar-refractivity contribution in [2.75, 3.05) is 33.4 Å². The monoisotopic (exact) mass is 607 g/mol. The minimum Gasteiger partial charge on any atom is -0.497 e. The molecule has 14 heteroatoms. The molecule has 2 aromatic rings. The third-order valence-corrected chi connectivity index (χ3v) is 9.83. The lowest BCUT2D eigenvalue weighted by molar-refractivity contribution is -0.0907. The molecular weight excluding hydrogens is 569 g/mol. The van der Waals surface area contributed by atoms with Gasteiger partial charge < -0.3 is 29.6 Å². The van der Waals surface area contributed by atoms with E-state index in [0.29, 0.717) is 18.8 Å². The van der Waals surface area contributed by atoms with Crippen molar-refractivity contribution in [2.24, 2.45) is 11.8 Å². The summed E-state index contributed by atoms with van der Waals surface area (Å²) in [6.07, 6.45) is -0.363. The Balaban J connectivity index is 1.58. The number of thiophene rings is 1. The molecule has 2 saturated heterocycles. The van der Waals surface area contributed by atoms with Crippen LogP contribution in [0.3, 0.4) is 0 Å². The number of ether oxygens (including phenoxy) is 4. The molecule has 2 aliphatic rings. The number of amides is 2. The van der Waals surface area contributed by atoms with E-state index >= 15 is 0 Å². The Kier molecular flexibility index (Phi) is 10.7. The van der Waals surface area contributed by atoms with E-state index in [1.807, 2.05) is 31.4 Å². The number of sulfonamides is 1. The molecule has 0 unspecified atom stereocenters. The van der Waals surface area contributed by atoms with Gasteiger partial charge in [0.2, 0.25) is 17.9 Å². The van der Waals surface area contributed by atoms with Crippen molar-refractivity contribution in [3.8, 4) is 5.75 Å². The Hall–Kier alpha value is -2.65. The van der Waals surface area contributed by atoms with Crippen LogP contribution in [0.2, 0.25) is 0 Å². The maximum absolute atomic E-state index is 13.8. The molecule has 2 N–H and O–H groups in total. The predicted molar refractivity (Wildman–Crippen MR) is 156 cm³/mol. The topological polar surface area (TPSA) is 132 Å². The number of nitrogens with zero attached hydrogens (tertiary/aromatic N) is 1. The molecule has 1 aromatic carbocycles. The molecule has 0 spiro atoms. The Bertz CT molecular complexity index is 1260. The van der Waals surface area contributed by atoms with E-state index in [2.05, 4.69) is 10.6 Å². The third-order valence-electron chi connectivity index (χ3n) is 7.09. The molecule has 2 amide bonds. The van der Waals surface area contributed by atoms with Gasteiger partial charge in [-0.05, 0) is 48.1 Å². The van der Waals surface area contributed by atoms with Crippen molar-refractivity contribution in [3.63, 3.8) is 0 Å². The van der Waals surface area contributed by atoms with Gasteiger partial charge in [-0.3, -0.25) is 4.79 Å². The highest BCUT2D eigenvalue weighted by molar-refractivity contribution is 7.89. The van der Waals surface area contributed by atoms with Gasteiger partial charge in [-0.1, -0.05) is 19.9 Å². The Morgan fingerprint density at radius 2 is 1.88 bits per heavy atom. The number of fused-ring (bicyclic) bond motifs is 1. The molecule has 0 saturated carbocycles. The first-order valence-corrected chi connectivity index (χ1v) is 16.0. The summed E-state index contributed by atoms with van der Waals surface area (Å²) in [4.78, 5) is 26.6. The van der Waals surface area contributed by atoms with Crippen molar-refractivity contribution in [1.29, 1.82) is 0 Å². The lowest BCUT2D eigenvalue weighted by Crippen LogP contribution is -2.58. The molecule has 41 heavy (non-hydrogen) atoms. The summed E-state index contributed by atoms with van der Waals surface area (Å²) in [7, 11) is -1.07. The van der Waals surface area contributed by atoms with Crippen LogP contribution in [0.15, 0.2) is 46.7 Å². The van der Waals surface area contributed by atoms with Crippen molar-refractivity contribution in [1.82, 2.24) is 14.9 Å². The first-order chi connectivity index (χ1) is 19.6. The second-order valence-corrected chi connectivity index (χ2v) is 13.7. The highest BCUT2D eigenvalue weighted by Crippen LogP contribution is 2.33. The molecule has 2 aliphatic heterocycles. The lowest BCUT2D eigenvalue weighted by Gasteiger charge is -2.34. The average Bonchev–Trinajstić information content (AvgIpc) is 3.68. The van der Waals surface area contributed by atoms with Gasteiger partial charge in [-0.2, -0.15) is 4.31 Å². The van der Waals surface area contributed by atoms with Crippen molar-refractivity contribution < 1.29 is 37.0 Å². The first kappa shape index (κ1) is 31.3. The maximum atomic E-state index is 13.8. The smallest absolute Gasteiger partial charge is 0.407 e. The van der Waals surface area contributed by atoms with Gasteiger partial charge in [-0.25, -0.2) is 13.2 Å². The van der Waals surface area contributed by atoms with Crippen LogP contribution < -0.4 is 15.4 Å².